The second-order valence-corrected chi connectivity index (χ2v) is 7.98. The summed E-state index contributed by atoms with van der Waals surface area (Å²) in [6, 6.07) is 11.5. The van der Waals surface area contributed by atoms with E-state index in [0.29, 0.717) is 30.2 Å². The van der Waals surface area contributed by atoms with Gasteiger partial charge in [0.1, 0.15) is 5.75 Å². The van der Waals surface area contributed by atoms with E-state index in [-0.39, 0.29) is 11.8 Å². The summed E-state index contributed by atoms with van der Waals surface area (Å²) in [7, 11) is 1.63. The van der Waals surface area contributed by atoms with Crippen molar-refractivity contribution in [3.63, 3.8) is 0 Å². The summed E-state index contributed by atoms with van der Waals surface area (Å²) in [6.07, 6.45) is 0.974. The Morgan fingerprint density at radius 2 is 2.07 bits per heavy atom. The first-order valence-corrected chi connectivity index (χ1v) is 10.2. The van der Waals surface area contributed by atoms with Gasteiger partial charge in [-0.3, -0.25) is 4.79 Å². The number of aromatic nitrogens is 2. The minimum atomic E-state index is -0.0731. The lowest BCUT2D eigenvalue weighted by molar-refractivity contribution is -0.116. The van der Waals surface area contributed by atoms with Crippen LogP contribution in [0.25, 0.3) is 11.5 Å². The molecule has 1 aromatic heterocycles. The predicted octanol–water partition coefficient (Wildman–Crippen LogP) is 5.51. The monoisotopic (exact) mass is 457 g/mol. The summed E-state index contributed by atoms with van der Waals surface area (Å²) in [4.78, 5) is 17.1. The first kappa shape index (κ1) is 21.0. The Kier molecular flexibility index (Phi) is 6.69. The van der Waals surface area contributed by atoms with Crippen LogP contribution in [0.1, 0.15) is 43.1 Å². The molecule has 0 aliphatic carbocycles. The number of rotatable bonds is 7. The van der Waals surface area contributed by atoms with Gasteiger partial charge in [0.2, 0.25) is 5.91 Å². The highest BCUT2D eigenvalue weighted by atomic mass is 79.9. The van der Waals surface area contributed by atoms with E-state index in [0.717, 1.165) is 26.9 Å². The normalized spacial score (nSPS) is 11.0. The molecule has 7 heteroatoms. The fraction of sp³-hybridized carbons (Fsp3) is 0.318. The highest BCUT2D eigenvalue weighted by molar-refractivity contribution is 9.10. The molecular weight excluding hydrogens is 434 g/mol. The van der Waals surface area contributed by atoms with Crippen LogP contribution >= 0.6 is 15.9 Å². The number of halogens is 1. The number of para-hydroxylation sites is 1. The zero-order valence-electron chi connectivity index (χ0n) is 17.0. The molecule has 6 nitrogen and oxygen atoms in total. The van der Waals surface area contributed by atoms with E-state index in [2.05, 4.69) is 31.4 Å². The van der Waals surface area contributed by atoms with Crippen molar-refractivity contribution in [2.45, 2.75) is 39.5 Å². The predicted molar refractivity (Wildman–Crippen MR) is 116 cm³/mol. The molecule has 1 N–H and O–H groups in total. The molecule has 0 radical (unpaired) electrons. The molecule has 0 unspecified atom stereocenters. The largest absolute Gasteiger partial charge is 0.496 e. The summed E-state index contributed by atoms with van der Waals surface area (Å²) in [5.74, 6) is 1.91. The van der Waals surface area contributed by atoms with Gasteiger partial charge in [-0.25, -0.2) is 0 Å². The van der Waals surface area contributed by atoms with Crippen molar-refractivity contribution in [2.75, 3.05) is 12.4 Å². The Labute approximate surface area is 178 Å². The van der Waals surface area contributed by atoms with Crippen molar-refractivity contribution >= 4 is 27.5 Å². The molecule has 0 aliphatic rings. The van der Waals surface area contributed by atoms with Crippen LogP contribution in [-0.4, -0.2) is 23.2 Å². The Hall–Kier alpha value is -2.67. The van der Waals surface area contributed by atoms with Gasteiger partial charge in [-0.05, 0) is 58.6 Å². The van der Waals surface area contributed by atoms with Crippen LogP contribution in [0.4, 0.5) is 5.69 Å². The van der Waals surface area contributed by atoms with Gasteiger partial charge in [-0.1, -0.05) is 37.2 Å². The molecule has 2 aromatic carbocycles. The highest BCUT2D eigenvalue weighted by Crippen LogP contribution is 2.31. The Balaban J connectivity index is 1.74. The van der Waals surface area contributed by atoms with Crippen LogP contribution in [0.3, 0.4) is 0 Å². The average molecular weight is 458 g/mol. The third kappa shape index (κ3) is 5.03. The summed E-state index contributed by atoms with van der Waals surface area (Å²) >= 11 is 3.48. The topological polar surface area (TPSA) is 77.2 Å². The van der Waals surface area contributed by atoms with Gasteiger partial charge in [0.05, 0.1) is 22.8 Å². The standard InChI is InChI=1S/C22H24BrN3O3/c1-13(2)21-25-22(29-26-21)16-7-5-6-14(3)20(16)24-19(27)11-9-15-8-10-18(28-4)17(23)12-15/h5-8,10,12-13H,9,11H2,1-4H3,(H,24,27). The van der Waals surface area contributed by atoms with Crippen molar-refractivity contribution in [1.82, 2.24) is 10.1 Å². The summed E-state index contributed by atoms with van der Waals surface area (Å²) in [5, 5.41) is 7.05. The van der Waals surface area contributed by atoms with E-state index < -0.39 is 0 Å². The zero-order valence-corrected chi connectivity index (χ0v) is 18.5. The van der Waals surface area contributed by atoms with Crippen LogP contribution in [0.2, 0.25) is 0 Å². The number of carbonyl (C=O) groups excluding carboxylic acids is 1. The van der Waals surface area contributed by atoms with Gasteiger partial charge in [-0.15, -0.1) is 0 Å². The maximum absolute atomic E-state index is 12.6. The van der Waals surface area contributed by atoms with E-state index in [4.69, 9.17) is 9.26 Å². The number of amides is 1. The lowest BCUT2D eigenvalue weighted by atomic mass is 10.1. The van der Waals surface area contributed by atoms with Gasteiger partial charge in [0.25, 0.3) is 5.89 Å². The SMILES string of the molecule is COc1ccc(CCC(=O)Nc2c(C)cccc2-c2nc(C(C)C)no2)cc1Br. The van der Waals surface area contributed by atoms with Gasteiger partial charge >= 0.3 is 0 Å². The smallest absolute Gasteiger partial charge is 0.260 e. The molecule has 1 amide bonds. The van der Waals surface area contributed by atoms with Crippen LogP contribution in [0.15, 0.2) is 45.4 Å². The number of carbonyl (C=O) groups is 1. The lowest BCUT2D eigenvalue weighted by Gasteiger charge is -2.12. The number of nitrogens with one attached hydrogen (secondary N) is 1. The number of benzene rings is 2. The van der Waals surface area contributed by atoms with Crippen LogP contribution in [0, 0.1) is 6.92 Å². The quantitative estimate of drug-likeness (QED) is 0.505. The van der Waals surface area contributed by atoms with Crippen LogP contribution in [0.5, 0.6) is 5.75 Å². The van der Waals surface area contributed by atoms with E-state index in [1.54, 1.807) is 7.11 Å². The fourth-order valence-corrected chi connectivity index (χ4v) is 3.50. The van der Waals surface area contributed by atoms with Crippen molar-refractivity contribution in [3.05, 3.63) is 57.8 Å². The Morgan fingerprint density at radius 3 is 2.72 bits per heavy atom. The van der Waals surface area contributed by atoms with E-state index in [1.165, 1.54) is 0 Å². The highest BCUT2D eigenvalue weighted by Gasteiger charge is 2.17. The Morgan fingerprint density at radius 1 is 1.28 bits per heavy atom. The van der Waals surface area contributed by atoms with Gasteiger partial charge in [0.15, 0.2) is 5.82 Å². The minimum Gasteiger partial charge on any atom is -0.496 e. The third-order valence-corrected chi connectivity index (χ3v) is 5.20. The molecule has 0 spiro atoms. The molecule has 29 heavy (non-hydrogen) atoms. The number of ether oxygens (including phenoxy) is 1. The molecule has 152 valence electrons. The molecular formula is C22H24BrN3O3. The van der Waals surface area contributed by atoms with Gasteiger partial charge < -0.3 is 14.6 Å². The van der Waals surface area contributed by atoms with Crippen molar-refractivity contribution in [2.24, 2.45) is 0 Å². The molecule has 0 bridgehead atoms. The maximum Gasteiger partial charge on any atom is 0.260 e. The number of hydrogen-bond donors (Lipinski definition) is 1. The average Bonchev–Trinajstić information content (AvgIpc) is 3.18. The fourth-order valence-electron chi connectivity index (χ4n) is 2.92. The van der Waals surface area contributed by atoms with Crippen molar-refractivity contribution < 1.29 is 14.1 Å². The van der Waals surface area contributed by atoms with Gasteiger partial charge in [0, 0.05) is 12.3 Å². The van der Waals surface area contributed by atoms with Gasteiger partial charge in [-0.2, -0.15) is 4.98 Å². The number of anilines is 1. The second kappa shape index (κ2) is 9.22. The molecule has 0 fully saturated rings. The molecule has 3 rings (SSSR count). The van der Waals surface area contributed by atoms with Crippen molar-refractivity contribution in [3.8, 4) is 17.2 Å². The summed E-state index contributed by atoms with van der Waals surface area (Å²) in [6.45, 7) is 5.95. The van der Waals surface area contributed by atoms with E-state index >= 15 is 0 Å². The number of nitrogens with zero attached hydrogens (tertiary/aromatic N) is 2. The van der Waals surface area contributed by atoms with E-state index in [9.17, 15) is 4.79 Å². The molecule has 0 saturated heterocycles. The maximum atomic E-state index is 12.6. The minimum absolute atomic E-state index is 0.0731. The first-order chi connectivity index (χ1) is 13.9. The number of methoxy groups -OCH3 is 1. The Bertz CT molecular complexity index is 1010. The summed E-state index contributed by atoms with van der Waals surface area (Å²) in [5.41, 5.74) is 3.42. The zero-order chi connectivity index (χ0) is 21.0. The molecule has 0 atom stereocenters. The molecule has 0 saturated carbocycles. The molecule has 0 aliphatic heterocycles. The third-order valence-electron chi connectivity index (χ3n) is 4.58. The lowest BCUT2D eigenvalue weighted by Crippen LogP contribution is -2.14. The molecule has 1 heterocycles. The first-order valence-electron chi connectivity index (χ1n) is 9.45. The number of aryl methyl sites for hydroxylation is 2. The summed E-state index contributed by atoms with van der Waals surface area (Å²) < 4.78 is 11.5. The molecule has 3 aromatic rings. The number of hydrogen-bond acceptors (Lipinski definition) is 5. The second-order valence-electron chi connectivity index (χ2n) is 7.13. The van der Waals surface area contributed by atoms with Crippen LogP contribution in [-0.2, 0) is 11.2 Å². The van der Waals surface area contributed by atoms with Crippen LogP contribution < -0.4 is 10.1 Å². The van der Waals surface area contributed by atoms with Crippen molar-refractivity contribution in [1.29, 1.82) is 0 Å². The van der Waals surface area contributed by atoms with E-state index in [1.807, 2.05) is 57.2 Å².